The van der Waals surface area contributed by atoms with Crippen LogP contribution in [-0.2, 0) is 16.2 Å². The Balaban J connectivity index is 0.00000287. The van der Waals surface area contributed by atoms with Gasteiger partial charge in [-0.05, 0) is 87.3 Å². The van der Waals surface area contributed by atoms with Crippen LogP contribution in [0.4, 0.5) is 4.79 Å². The molecule has 7 nitrogen and oxygen atoms in total. The Kier molecular flexibility index (Phi) is 13.4. The number of hydrazone groups is 1. The molecule has 0 fully saturated rings. The van der Waals surface area contributed by atoms with Crippen LogP contribution in [-0.4, -0.2) is 38.7 Å². The number of amides is 1. The number of rotatable bonds is 10. The summed E-state index contributed by atoms with van der Waals surface area (Å²) in [7, 11) is 0. The first kappa shape index (κ1) is 33.9. The first-order valence-corrected chi connectivity index (χ1v) is 14.9. The fraction of sp³-hybridized carbons (Fsp3) is 0.394. The third kappa shape index (κ3) is 10.2. The standard InChI is InChI=1S/C31H39N3O4S.C2H6/c1-8-39-20-23(4)34(30(36)38-31(5,6)7)32-19-27-18-26-15-14-25(29(35)24-12-10-9-11-13-24)16-17-28(26)33(27)21-37-22(2)3;1-2/h8-13,15-20,22,29,35H,1,14,21H2,2-7H3;1-2H3/b23-20+,32-19+;. The highest BCUT2D eigenvalue weighted by Gasteiger charge is 2.23. The zero-order chi connectivity index (χ0) is 30.6. The molecule has 1 aromatic heterocycles. The lowest BCUT2D eigenvalue weighted by Gasteiger charge is -2.24. The summed E-state index contributed by atoms with van der Waals surface area (Å²) in [6, 6.07) is 11.6. The van der Waals surface area contributed by atoms with Crippen LogP contribution in [0.3, 0.4) is 0 Å². The number of hydrogen-bond donors (Lipinski definition) is 1. The van der Waals surface area contributed by atoms with Crippen molar-refractivity contribution >= 4 is 36.2 Å². The Labute approximate surface area is 249 Å². The number of aliphatic hydroxyl groups is 1. The van der Waals surface area contributed by atoms with E-state index in [1.165, 1.54) is 16.8 Å². The van der Waals surface area contributed by atoms with Crippen molar-refractivity contribution in [1.29, 1.82) is 0 Å². The number of benzene rings is 1. The molecule has 0 aliphatic heterocycles. The third-order valence-corrected chi connectivity index (χ3v) is 6.43. The minimum absolute atomic E-state index is 0.0213. The van der Waals surface area contributed by atoms with E-state index < -0.39 is 17.8 Å². The molecule has 1 atom stereocenters. The predicted octanol–water partition coefficient (Wildman–Crippen LogP) is 6.83. The van der Waals surface area contributed by atoms with E-state index in [0.717, 1.165) is 27.4 Å². The molecule has 0 bridgehead atoms. The van der Waals surface area contributed by atoms with Crippen molar-refractivity contribution in [1.82, 2.24) is 9.58 Å². The maximum atomic E-state index is 13.0. The van der Waals surface area contributed by atoms with E-state index in [4.69, 9.17) is 9.47 Å². The number of carbonyl (C=O) groups is 1. The van der Waals surface area contributed by atoms with Crippen molar-refractivity contribution in [3.8, 4) is 0 Å². The van der Waals surface area contributed by atoms with Gasteiger partial charge in [-0.25, -0.2) is 4.79 Å². The number of aliphatic hydroxyl groups excluding tert-OH is 1. The monoisotopic (exact) mass is 579 g/mol. The first-order valence-electron chi connectivity index (χ1n) is 14.0. The van der Waals surface area contributed by atoms with Crippen molar-refractivity contribution < 1.29 is 19.4 Å². The molecule has 1 aliphatic carbocycles. The van der Waals surface area contributed by atoms with Crippen LogP contribution in [0.2, 0.25) is 0 Å². The Morgan fingerprint density at radius 2 is 1.90 bits per heavy atom. The number of ether oxygens (including phenoxy) is 2. The topological polar surface area (TPSA) is 76.3 Å². The molecule has 0 radical (unpaired) electrons. The second-order valence-corrected chi connectivity index (χ2v) is 11.3. The SMILES string of the molecule is C=CS/C=C(\C)N(/N=C/c1cc2c(n1COC(C)C)=CC=C(C(O)c1ccccc1)CC=2)C(=O)OC(C)(C)C.CC. The number of aromatic nitrogens is 1. The molecule has 1 unspecified atom stereocenters. The van der Waals surface area contributed by atoms with Gasteiger partial charge in [-0.15, -0.1) is 11.8 Å². The molecule has 8 heteroatoms. The molecule has 0 saturated heterocycles. The fourth-order valence-electron chi connectivity index (χ4n) is 3.87. The molecule has 1 aromatic carbocycles. The zero-order valence-electron chi connectivity index (χ0n) is 25.6. The van der Waals surface area contributed by atoms with Crippen molar-refractivity contribution in [2.24, 2.45) is 5.10 Å². The Morgan fingerprint density at radius 1 is 1.22 bits per heavy atom. The van der Waals surface area contributed by atoms with E-state index in [1.54, 1.807) is 24.0 Å². The lowest BCUT2D eigenvalue weighted by atomic mass is 9.99. The maximum absolute atomic E-state index is 13.0. The molecular formula is C33H45N3O4S. The molecule has 1 N–H and O–H groups in total. The van der Waals surface area contributed by atoms with Crippen molar-refractivity contribution in [2.45, 2.75) is 86.4 Å². The van der Waals surface area contributed by atoms with Crippen LogP contribution < -0.4 is 10.6 Å². The smallest absolute Gasteiger partial charge is 0.435 e. The van der Waals surface area contributed by atoms with Crippen LogP contribution in [0.15, 0.2) is 76.2 Å². The van der Waals surface area contributed by atoms with Gasteiger partial charge in [0.2, 0.25) is 0 Å². The molecule has 222 valence electrons. The molecule has 0 saturated carbocycles. The van der Waals surface area contributed by atoms with E-state index >= 15 is 0 Å². The van der Waals surface area contributed by atoms with Gasteiger partial charge in [0.25, 0.3) is 0 Å². The molecule has 0 spiro atoms. The van der Waals surface area contributed by atoms with Gasteiger partial charge in [0.05, 0.1) is 29.1 Å². The maximum Gasteiger partial charge on any atom is 0.435 e. The quantitative estimate of drug-likeness (QED) is 0.247. The number of hydrogen-bond acceptors (Lipinski definition) is 6. The summed E-state index contributed by atoms with van der Waals surface area (Å²) in [4.78, 5) is 13.0. The highest BCUT2D eigenvalue weighted by Crippen LogP contribution is 2.25. The summed E-state index contributed by atoms with van der Waals surface area (Å²) in [5.74, 6) is 0. The average Bonchev–Trinajstić information content (AvgIpc) is 3.12. The Morgan fingerprint density at radius 3 is 2.51 bits per heavy atom. The number of carbonyl (C=O) groups excluding carboxylic acids is 1. The number of allylic oxidation sites excluding steroid dienone is 2. The minimum Gasteiger partial charge on any atom is -0.442 e. The lowest BCUT2D eigenvalue weighted by Crippen LogP contribution is -2.33. The van der Waals surface area contributed by atoms with Gasteiger partial charge >= 0.3 is 6.09 Å². The van der Waals surface area contributed by atoms with Gasteiger partial charge in [-0.1, -0.05) is 62.9 Å². The van der Waals surface area contributed by atoms with Crippen molar-refractivity contribution in [3.63, 3.8) is 0 Å². The second kappa shape index (κ2) is 16.2. The van der Waals surface area contributed by atoms with Crippen molar-refractivity contribution in [3.05, 3.63) is 93.0 Å². The summed E-state index contributed by atoms with van der Waals surface area (Å²) in [5.41, 5.74) is 2.46. The van der Waals surface area contributed by atoms with Crippen molar-refractivity contribution in [2.75, 3.05) is 0 Å². The highest BCUT2D eigenvalue weighted by molar-refractivity contribution is 8.04. The fourth-order valence-corrected chi connectivity index (χ4v) is 4.26. The van der Waals surface area contributed by atoms with Crippen LogP contribution in [0, 0.1) is 0 Å². The molecule has 1 heterocycles. The number of fused-ring (bicyclic) bond motifs is 1. The van der Waals surface area contributed by atoms with E-state index in [2.05, 4.69) is 17.8 Å². The minimum atomic E-state index is -0.685. The third-order valence-electron chi connectivity index (χ3n) is 5.76. The first-order chi connectivity index (χ1) is 19.5. The molecule has 41 heavy (non-hydrogen) atoms. The average molecular weight is 580 g/mol. The second-order valence-electron chi connectivity index (χ2n) is 10.4. The summed E-state index contributed by atoms with van der Waals surface area (Å²) >= 11 is 1.36. The highest BCUT2D eigenvalue weighted by atomic mass is 32.2. The molecule has 1 amide bonds. The molecule has 1 aliphatic rings. The lowest BCUT2D eigenvalue weighted by molar-refractivity contribution is 0.0272. The van der Waals surface area contributed by atoms with E-state index in [-0.39, 0.29) is 6.10 Å². The Hall–Kier alpha value is -3.33. The van der Waals surface area contributed by atoms with Gasteiger partial charge in [-0.2, -0.15) is 10.1 Å². The van der Waals surface area contributed by atoms with E-state index in [0.29, 0.717) is 18.8 Å². The van der Waals surface area contributed by atoms with E-state index in [1.807, 2.05) is 102 Å². The van der Waals surface area contributed by atoms with Gasteiger partial charge in [0.1, 0.15) is 18.4 Å². The summed E-state index contributed by atoms with van der Waals surface area (Å²) in [5, 5.41) is 22.1. The van der Waals surface area contributed by atoms with Gasteiger partial charge in [0.15, 0.2) is 0 Å². The van der Waals surface area contributed by atoms with Gasteiger partial charge < -0.3 is 19.1 Å². The number of thioether (sulfide) groups is 1. The van der Waals surface area contributed by atoms with Gasteiger partial charge in [-0.3, -0.25) is 0 Å². The molecule has 3 rings (SSSR count). The summed E-state index contributed by atoms with van der Waals surface area (Å²) in [6.45, 7) is 19.2. The predicted molar refractivity (Wildman–Crippen MR) is 171 cm³/mol. The van der Waals surface area contributed by atoms with Crippen LogP contribution in [0.1, 0.15) is 79.2 Å². The zero-order valence-corrected chi connectivity index (χ0v) is 26.4. The summed E-state index contributed by atoms with van der Waals surface area (Å²) in [6.07, 6.45) is 7.06. The molecule has 2 aromatic rings. The summed E-state index contributed by atoms with van der Waals surface area (Å²) < 4.78 is 13.6. The Bertz CT molecular complexity index is 1370. The molecular weight excluding hydrogens is 534 g/mol. The van der Waals surface area contributed by atoms with Crippen LogP contribution >= 0.6 is 11.8 Å². The van der Waals surface area contributed by atoms with Crippen LogP contribution in [0.25, 0.3) is 12.2 Å². The normalized spacial score (nSPS) is 14.1. The largest absolute Gasteiger partial charge is 0.442 e. The number of nitrogens with zero attached hydrogens (tertiary/aromatic N) is 3. The van der Waals surface area contributed by atoms with E-state index in [9.17, 15) is 9.90 Å². The van der Waals surface area contributed by atoms with Crippen LogP contribution in [0.5, 0.6) is 0 Å². The van der Waals surface area contributed by atoms with Gasteiger partial charge in [0, 0.05) is 0 Å².